The Labute approximate surface area is 88.9 Å². The summed E-state index contributed by atoms with van der Waals surface area (Å²) in [4.78, 5) is 13.2. The van der Waals surface area contributed by atoms with Gasteiger partial charge in [0.1, 0.15) is 0 Å². The molecule has 2 rings (SSSR count). The number of rotatable bonds is 3. The molecule has 1 saturated carbocycles. The number of amides is 1. The summed E-state index contributed by atoms with van der Waals surface area (Å²) in [6.07, 6.45) is 2.38. The van der Waals surface area contributed by atoms with Crippen LogP contribution >= 0.6 is 0 Å². The SMILES string of the molecule is CN(c1cccc(C(N)=O)c1N)C1CC1. The molecule has 0 bridgehead atoms. The maximum absolute atomic E-state index is 11.1. The Morgan fingerprint density at radius 1 is 1.47 bits per heavy atom. The van der Waals surface area contributed by atoms with Gasteiger partial charge in [-0.3, -0.25) is 4.79 Å². The molecule has 0 spiro atoms. The summed E-state index contributed by atoms with van der Waals surface area (Å²) in [6.45, 7) is 0. The van der Waals surface area contributed by atoms with Crippen LogP contribution in [0.3, 0.4) is 0 Å². The van der Waals surface area contributed by atoms with Gasteiger partial charge < -0.3 is 16.4 Å². The topological polar surface area (TPSA) is 72.3 Å². The zero-order valence-electron chi connectivity index (χ0n) is 8.73. The van der Waals surface area contributed by atoms with E-state index in [1.807, 2.05) is 19.2 Å². The number of para-hydroxylation sites is 1. The molecule has 1 aromatic rings. The van der Waals surface area contributed by atoms with E-state index >= 15 is 0 Å². The molecule has 1 aromatic carbocycles. The lowest BCUT2D eigenvalue weighted by Gasteiger charge is -2.21. The number of nitrogen functional groups attached to an aromatic ring is 1. The van der Waals surface area contributed by atoms with Gasteiger partial charge in [0.2, 0.25) is 0 Å². The Morgan fingerprint density at radius 2 is 2.13 bits per heavy atom. The number of hydrogen-bond donors (Lipinski definition) is 2. The highest BCUT2D eigenvalue weighted by Gasteiger charge is 2.28. The highest BCUT2D eigenvalue weighted by atomic mass is 16.1. The van der Waals surface area contributed by atoms with E-state index in [-0.39, 0.29) is 0 Å². The smallest absolute Gasteiger partial charge is 0.250 e. The number of carbonyl (C=O) groups is 1. The van der Waals surface area contributed by atoms with Crippen molar-refractivity contribution in [3.05, 3.63) is 23.8 Å². The van der Waals surface area contributed by atoms with Crippen molar-refractivity contribution in [2.75, 3.05) is 17.7 Å². The summed E-state index contributed by atoms with van der Waals surface area (Å²) in [5, 5.41) is 0. The Balaban J connectivity index is 2.38. The van der Waals surface area contributed by atoms with Gasteiger partial charge in [-0.25, -0.2) is 0 Å². The largest absolute Gasteiger partial charge is 0.396 e. The summed E-state index contributed by atoms with van der Waals surface area (Å²) in [5.74, 6) is -0.474. The van der Waals surface area contributed by atoms with Crippen LogP contribution in [-0.4, -0.2) is 19.0 Å². The van der Waals surface area contributed by atoms with E-state index in [1.165, 1.54) is 12.8 Å². The minimum Gasteiger partial charge on any atom is -0.396 e. The first-order valence-electron chi connectivity index (χ1n) is 5.02. The van der Waals surface area contributed by atoms with Crippen molar-refractivity contribution >= 4 is 17.3 Å². The third-order valence-corrected chi connectivity index (χ3v) is 2.82. The lowest BCUT2D eigenvalue weighted by molar-refractivity contribution is 0.100. The van der Waals surface area contributed by atoms with Gasteiger partial charge in [0.05, 0.1) is 16.9 Å². The molecular formula is C11H15N3O. The summed E-state index contributed by atoms with van der Waals surface area (Å²) in [5.41, 5.74) is 12.9. The number of benzene rings is 1. The number of primary amides is 1. The minimum absolute atomic E-state index is 0.403. The predicted octanol–water partition coefficient (Wildman–Crippen LogP) is 0.966. The monoisotopic (exact) mass is 205 g/mol. The van der Waals surface area contributed by atoms with Crippen molar-refractivity contribution in [3.63, 3.8) is 0 Å². The van der Waals surface area contributed by atoms with E-state index in [2.05, 4.69) is 4.90 Å². The van der Waals surface area contributed by atoms with Gasteiger partial charge in [-0.1, -0.05) is 6.07 Å². The van der Waals surface area contributed by atoms with Crippen molar-refractivity contribution in [2.24, 2.45) is 5.73 Å². The number of nitrogens with two attached hydrogens (primary N) is 2. The summed E-state index contributed by atoms with van der Waals surface area (Å²) < 4.78 is 0. The number of anilines is 2. The van der Waals surface area contributed by atoms with Crippen LogP contribution in [0, 0.1) is 0 Å². The van der Waals surface area contributed by atoms with Crippen LogP contribution in [0.5, 0.6) is 0 Å². The maximum atomic E-state index is 11.1. The molecule has 0 unspecified atom stereocenters. The predicted molar refractivity (Wildman–Crippen MR) is 60.8 cm³/mol. The first-order valence-corrected chi connectivity index (χ1v) is 5.02. The van der Waals surface area contributed by atoms with Crippen molar-refractivity contribution in [1.29, 1.82) is 0 Å². The molecule has 0 aliphatic heterocycles. The van der Waals surface area contributed by atoms with Crippen LogP contribution in [0.4, 0.5) is 11.4 Å². The zero-order chi connectivity index (χ0) is 11.0. The Hall–Kier alpha value is -1.71. The van der Waals surface area contributed by atoms with Gasteiger partial charge >= 0.3 is 0 Å². The molecule has 0 saturated heterocycles. The first-order chi connectivity index (χ1) is 7.11. The van der Waals surface area contributed by atoms with Crippen LogP contribution in [0.25, 0.3) is 0 Å². The molecule has 0 atom stereocenters. The van der Waals surface area contributed by atoms with Gasteiger partial charge in [-0.15, -0.1) is 0 Å². The molecule has 1 amide bonds. The molecule has 4 heteroatoms. The summed E-state index contributed by atoms with van der Waals surface area (Å²) in [7, 11) is 1.99. The molecule has 0 heterocycles. The number of hydrogen-bond acceptors (Lipinski definition) is 3. The van der Waals surface area contributed by atoms with E-state index < -0.39 is 5.91 Å². The fraction of sp³-hybridized carbons (Fsp3) is 0.364. The fourth-order valence-electron chi connectivity index (χ4n) is 1.73. The molecule has 0 aromatic heterocycles. The fourth-order valence-corrected chi connectivity index (χ4v) is 1.73. The Bertz CT molecular complexity index is 399. The quantitative estimate of drug-likeness (QED) is 0.722. The lowest BCUT2D eigenvalue weighted by Crippen LogP contribution is -2.22. The molecule has 0 radical (unpaired) electrons. The second kappa shape index (κ2) is 3.46. The van der Waals surface area contributed by atoms with Gasteiger partial charge in [-0.05, 0) is 25.0 Å². The van der Waals surface area contributed by atoms with Gasteiger partial charge in [-0.2, -0.15) is 0 Å². The second-order valence-electron chi connectivity index (χ2n) is 3.94. The van der Waals surface area contributed by atoms with E-state index in [0.717, 1.165) is 5.69 Å². The number of nitrogens with zero attached hydrogens (tertiary/aromatic N) is 1. The molecule has 15 heavy (non-hydrogen) atoms. The average molecular weight is 205 g/mol. The Kier molecular flexibility index (Phi) is 2.26. The second-order valence-corrected chi connectivity index (χ2v) is 3.94. The van der Waals surface area contributed by atoms with Gasteiger partial charge in [0.25, 0.3) is 5.91 Å². The first kappa shape index (κ1) is 9.83. The van der Waals surface area contributed by atoms with Crippen molar-refractivity contribution < 1.29 is 4.79 Å². The van der Waals surface area contributed by atoms with Crippen molar-refractivity contribution in [3.8, 4) is 0 Å². The highest BCUT2D eigenvalue weighted by Crippen LogP contribution is 2.34. The zero-order valence-corrected chi connectivity index (χ0v) is 8.73. The van der Waals surface area contributed by atoms with E-state index in [1.54, 1.807) is 6.07 Å². The molecule has 1 aliphatic rings. The van der Waals surface area contributed by atoms with Crippen LogP contribution in [0.15, 0.2) is 18.2 Å². The molecule has 1 aliphatic carbocycles. The molecule has 1 fully saturated rings. The summed E-state index contributed by atoms with van der Waals surface area (Å²) >= 11 is 0. The van der Waals surface area contributed by atoms with Crippen LogP contribution in [-0.2, 0) is 0 Å². The van der Waals surface area contributed by atoms with Crippen LogP contribution in [0.1, 0.15) is 23.2 Å². The van der Waals surface area contributed by atoms with Crippen molar-refractivity contribution in [1.82, 2.24) is 0 Å². The molecule has 4 N–H and O–H groups in total. The average Bonchev–Trinajstić information content (AvgIpc) is 3.00. The Morgan fingerprint density at radius 3 is 2.67 bits per heavy atom. The standard InChI is InChI=1S/C11H15N3O/c1-14(7-5-6-7)9-4-2-3-8(10(9)12)11(13)15/h2-4,7H,5-6,12H2,1H3,(H2,13,15). The van der Waals surface area contributed by atoms with E-state index in [4.69, 9.17) is 11.5 Å². The van der Waals surface area contributed by atoms with Crippen LogP contribution in [0.2, 0.25) is 0 Å². The van der Waals surface area contributed by atoms with Crippen molar-refractivity contribution in [2.45, 2.75) is 18.9 Å². The van der Waals surface area contributed by atoms with Gasteiger partial charge in [0.15, 0.2) is 0 Å². The van der Waals surface area contributed by atoms with Crippen LogP contribution < -0.4 is 16.4 Å². The molecular weight excluding hydrogens is 190 g/mol. The minimum atomic E-state index is -0.474. The summed E-state index contributed by atoms with van der Waals surface area (Å²) in [6, 6.07) is 5.95. The highest BCUT2D eigenvalue weighted by molar-refractivity contribution is 6.00. The lowest BCUT2D eigenvalue weighted by atomic mass is 10.1. The van der Waals surface area contributed by atoms with E-state index in [9.17, 15) is 4.79 Å². The normalized spacial score (nSPS) is 15.0. The molecule has 80 valence electrons. The third-order valence-electron chi connectivity index (χ3n) is 2.82. The number of carbonyl (C=O) groups excluding carboxylic acids is 1. The third kappa shape index (κ3) is 1.75. The maximum Gasteiger partial charge on any atom is 0.250 e. The van der Waals surface area contributed by atoms with Gasteiger partial charge in [0, 0.05) is 13.1 Å². The van der Waals surface area contributed by atoms with E-state index in [0.29, 0.717) is 17.3 Å². The molecule has 4 nitrogen and oxygen atoms in total.